The molecule has 1 aliphatic heterocycles. The molecule has 4 aromatic rings. The topological polar surface area (TPSA) is 92.7 Å². The Hall–Kier alpha value is -3.01. The van der Waals surface area contributed by atoms with Crippen LogP contribution in [0.4, 0.5) is 5.13 Å². The van der Waals surface area contributed by atoms with Crippen LogP contribution in [0, 0.1) is 5.92 Å². The molecule has 0 radical (unpaired) electrons. The van der Waals surface area contributed by atoms with Gasteiger partial charge in [-0.1, -0.05) is 24.3 Å². The van der Waals surface area contributed by atoms with Crippen LogP contribution >= 0.6 is 22.7 Å². The van der Waals surface area contributed by atoms with Gasteiger partial charge < -0.3 is 15.1 Å². The van der Waals surface area contributed by atoms with Gasteiger partial charge in [-0.3, -0.25) is 14.5 Å². The molecule has 9 heteroatoms. The second-order valence-electron chi connectivity index (χ2n) is 8.47. The van der Waals surface area contributed by atoms with Gasteiger partial charge in [-0.05, 0) is 62.5 Å². The number of hydrogen-bond donors (Lipinski definition) is 1. The van der Waals surface area contributed by atoms with Crippen LogP contribution in [0.2, 0.25) is 0 Å². The molecule has 1 aliphatic rings. The van der Waals surface area contributed by atoms with E-state index >= 15 is 0 Å². The molecule has 0 saturated carbocycles. The van der Waals surface area contributed by atoms with Crippen molar-refractivity contribution in [2.75, 3.05) is 31.1 Å². The lowest BCUT2D eigenvalue weighted by molar-refractivity contribution is -0.123. The molecule has 0 aliphatic carbocycles. The number of furan rings is 1. The van der Waals surface area contributed by atoms with Crippen molar-refractivity contribution in [3.8, 4) is 11.5 Å². The van der Waals surface area contributed by atoms with Crippen LogP contribution in [0.5, 0.6) is 0 Å². The quantitative estimate of drug-likeness (QED) is 0.378. The average molecular weight is 495 g/mol. The highest BCUT2D eigenvalue weighted by molar-refractivity contribution is 7.14. The first kappa shape index (κ1) is 22.8. The summed E-state index contributed by atoms with van der Waals surface area (Å²) >= 11 is 2.89. The number of thiazole rings is 1. The maximum absolute atomic E-state index is 13.3. The summed E-state index contributed by atoms with van der Waals surface area (Å²) in [5.74, 6) is 0.453. The Morgan fingerprint density at radius 3 is 2.71 bits per heavy atom. The van der Waals surface area contributed by atoms with Crippen LogP contribution < -0.4 is 10.6 Å². The molecule has 0 atom stereocenters. The van der Waals surface area contributed by atoms with Gasteiger partial charge in [-0.25, -0.2) is 4.98 Å². The molecular weight excluding hydrogens is 468 g/mol. The highest BCUT2D eigenvalue weighted by Crippen LogP contribution is 2.32. The Bertz CT molecular complexity index is 1240. The minimum atomic E-state index is -0.198. The minimum Gasteiger partial charge on any atom is -0.454 e. The normalized spacial score (nSPS) is 15.1. The number of anilines is 1. The number of hydrogen-bond acceptors (Lipinski definition) is 7. The van der Waals surface area contributed by atoms with Gasteiger partial charge in [0.1, 0.15) is 11.3 Å². The van der Waals surface area contributed by atoms with Gasteiger partial charge in [0.15, 0.2) is 10.9 Å². The molecule has 0 unspecified atom stereocenters. The third-order valence-electron chi connectivity index (χ3n) is 6.22. The summed E-state index contributed by atoms with van der Waals surface area (Å²) in [6.07, 6.45) is 2.43. The van der Waals surface area contributed by atoms with E-state index in [0.29, 0.717) is 22.3 Å². The number of para-hydroxylation sites is 1. The van der Waals surface area contributed by atoms with Crippen molar-refractivity contribution < 1.29 is 14.0 Å². The van der Waals surface area contributed by atoms with E-state index in [1.807, 2.05) is 53.2 Å². The summed E-state index contributed by atoms with van der Waals surface area (Å²) in [6, 6.07) is 13.6. The van der Waals surface area contributed by atoms with Crippen LogP contribution in [-0.2, 0) is 4.79 Å². The SMILES string of the molecule is NC(=O)C1CCN(CCCN(C(=O)c2cccs2)c2nc(-c3cc4ccccc4o3)cs2)CC1. The highest BCUT2D eigenvalue weighted by atomic mass is 32.1. The van der Waals surface area contributed by atoms with Gasteiger partial charge >= 0.3 is 0 Å². The lowest BCUT2D eigenvalue weighted by Gasteiger charge is -2.31. The summed E-state index contributed by atoms with van der Waals surface area (Å²) in [6.45, 7) is 3.15. The van der Waals surface area contributed by atoms with Crippen molar-refractivity contribution in [3.05, 3.63) is 58.1 Å². The molecule has 0 bridgehead atoms. The smallest absolute Gasteiger partial charge is 0.270 e. The lowest BCUT2D eigenvalue weighted by atomic mass is 9.96. The molecule has 5 rings (SSSR count). The third kappa shape index (κ3) is 4.91. The van der Waals surface area contributed by atoms with Crippen LogP contribution in [0.15, 0.2) is 57.6 Å². The third-order valence-corrected chi connectivity index (χ3v) is 7.95. The van der Waals surface area contributed by atoms with Gasteiger partial charge in [0.05, 0.1) is 4.88 Å². The van der Waals surface area contributed by atoms with Gasteiger partial charge in [-0.15, -0.1) is 22.7 Å². The summed E-state index contributed by atoms with van der Waals surface area (Å²) in [5.41, 5.74) is 7.00. The second kappa shape index (κ2) is 10.1. The Labute approximate surface area is 205 Å². The summed E-state index contributed by atoms with van der Waals surface area (Å²) in [4.78, 5) is 34.3. The molecule has 0 spiro atoms. The van der Waals surface area contributed by atoms with Gasteiger partial charge in [0.25, 0.3) is 5.91 Å². The number of nitrogens with two attached hydrogens (primary N) is 1. The van der Waals surface area contributed by atoms with Crippen molar-refractivity contribution in [2.45, 2.75) is 19.3 Å². The summed E-state index contributed by atoms with van der Waals surface area (Å²) in [5, 5.41) is 5.55. The monoisotopic (exact) mass is 494 g/mol. The zero-order chi connectivity index (χ0) is 23.5. The number of carbonyl (C=O) groups is 2. The maximum Gasteiger partial charge on any atom is 0.270 e. The molecule has 2 N–H and O–H groups in total. The van der Waals surface area contributed by atoms with Crippen LogP contribution in [0.3, 0.4) is 0 Å². The first-order valence-corrected chi connectivity index (χ1v) is 13.2. The number of piperidine rings is 1. The number of rotatable bonds is 8. The molecular formula is C25H26N4O3S2. The number of aromatic nitrogens is 1. The number of carbonyl (C=O) groups excluding carboxylic acids is 2. The molecule has 3 aromatic heterocycles. The number of thiophene rings is 1. The first-order chi connectivity index (χ1) is 16.6. The van der Waals surface area contributed by atoms with E-state index in [0.717, 1.165) is 55.6 Å². The first-order valence-electron chi connectivity index (χ1n) is 11.4. The Morgan fingerprint density at radius 1 is 1.15 bits per heavy atom. The van der Waals surface area contributed by atoms with E-state index in [9.17, 15) is 9.59 Å². The van der Waals surface area contributed by atoms with Gasteiger partial charge in [0.2, 0.25) is 5.91 Å². The van der Waals surface area contributed by atoms with Crippen LogP contribution in [-0.4, -0.2) is 47.9 Å². The zero-order valence-corrected chi connectivity index (χ0v) is 20.3. The molecule has 1 saturated heterocycles. The van der Waals surface area contributed by atoms with Crippen molar-refractivity contribution in [3.63, 3.8) is 0 Å². The Kier molecular flexibility index (Phi) is 6.75. The van der Waals surface area contributed by atoms with E-state index in [2.05, 4.69) is 4.90 Å². The molecule has 2 amide bonds. The van der Waals surface area contributed by atoms with Gasteiger partial charge in [0, 0.05) is 23.2 Å². The molecule has 7 nitrogen and oxygen atoms in total. The molecule has 34 heavy (non-hydrogen) atoms. The summed E-state index contributed by atoms with van der Waals surface area (Å²) < 4.78 is 5.97. The minimum absolute atomic E-state index is 0.0138. The maximum atomic E-state index is 13.3. The van der Waals surface area contributed by atoms with E-state index in [1.165, 1.54) is 22.7 Å². The number of nitrogens with zero attached hydrogens (tertiary/aromatic N) is 3. The lowest BCUT2D eigenvalue weighted by Crippen LogP contribution is -2.40. The zero-order valence-electron chi connectivity index (χ0n) is 18.7. The highest BCUT2D eigenvalue weighted by Gasteiger charge is 2.25. The molecule has 1 aromatic carbocycles. The molecule has 176 valence electrons. The fourth-order valence-corrected chi connectivity index (χ4v) is 5.83. The predicted molar refractivity (Wildman–Crippen MR) is 136 cm³/mol. The number of benzene rings is 1. The fraction of sp³-hybridized carbons (Fsp3) is 0.320. The Morgan fingerprint density at radius 2 is 1.97 bits per heavy atom. The average Bonchev–Trinajstić information content (AvgIpc) is 3.62. The van der Waals surface area contributed by atoms with Crippen molar-refractivity contribution >= 4 is 50.6 Å². The van der Waals surface area contributed by atoms with Crippen molar-refractivity contribution in [1.82, 2.24) is 9.88 Å². The number of amides is 2. The Balaban J connectivity index is 1.30. The number of likely N-dealkylation sites (tertiary alicyclic amines) is 1. The van der Waals surface area contributed by atoms with Crippen LogP contribution in [0.25, 0.3) is 22.4 Å². The van der Waals surface area contributed by atoms with E-state index in [-0.39, 0.29) is 17.7 Å². The van der Waals surface area contributed by atoms with E-state index in [4.69, 9.17) is 15.1 Å². The fourth-order valence-electron chi connectivity index (χ4n) is 4.32. The second-order valence-corrected chi connectivity index (χ2v) is 10.3. The standard InChI is InChI=1S/C25H26N4O3S2/c26-23(30)17-8-12-28(13-9-17)10-4-11-29(24(31)22-7-3-14-33-22)25-27-19(16-34-25)21-15-18-5-1-2-6-20(18)32-21/h1-3,5-7,14-17H,4,8-13H2,(H2,26,30). The molecule has 4 heterocycles. The van der Waals surface area contributed by atoms with Crippen molar-refractivity contribution in [1.29, 1.82) is 0 Å². The molecule has 1 fully saturated rings. The van der Waals surface area contributed by atoms with E-state index in [1.54, 1.807) is 4.90 Å². The van der Waals surface area contributed by atoms with Crippen molar-refractivity contribution in [2.24, 2.45) is 11.7 Å². The largest absolute Gasteiger partial charge is 0.454 e. The number of fused-ring (bicyclic) bond motifs is 1. The number of primary amides is 1. The summed E-state index contributed by atoms with van der Waals surface area (Å²) in [7, 11) is 0. The predicted octanol–water partition coefficient (Wildman–Crippen LogP) is 4.85. The van der Waals surface area contributed by atoms with E-state index < -0.39 is 0 Å². The van der Waals surface area contributed by atoms with Crippen LogP contribution in [0.1, 0.15) is 28.9 Å². The van der Waals surface area contributed by atoms with Gasteiger partial charge in [-0.2, -0.15) is 0 Å².